The van der Waals surface area contributed by atoms with Crippen molar-refractivity contribution >= 4 is 29.5 Å². The number of nitrogens with zero attached hydrogens (tertiary/aromatic N) is 2. The molecule has 2 heterocycles. The van der Waals surface area contributed by atoms with E-state index in [1.165, 1.54) is 0 Å². The van der Waals surface area contributed by atoms with E-state index < -0.39 is 0 Å². The number of nitrogens with two attached hydrogens (primary N) is 1. The van der Waals surface area contributed by atoms with Gasteiger partial charge in [-0.3, -0.25) is 9.79 Å². The van der Waals surface area contributed by atoms with Gasteiger partial charge in [0.2, 0.25) is 0 Å². The van der Waals surface area contributed by atoms with Crippen LogP contribution in [-0.4, -0.2) is 30.1 Å². The first-order chi connectivity index (χ1) is 11.8. The van der Waals surface area contributed by atoms with Gasteiger partial charge in [-0.2, -0.15) is 0 Å². The van der Waals surface area contributed by atoms with E-state index in [0.29, 0.717) is 19.6 Å². The summed E-state index contributed by atoms with van der Waals surface area (Å²) in [6, 6.07) is 14.1. The molecule has 0 fully saturated rings. The maximum absolute atomic E-state index is 12.9. The Morgan fingerprint density at radius 3 is 2.79 bits per heavy atom. The van der Waals surface area contributed by atoms with Crippen molar-refractivity contribution < 1.29 is 4.79 Å². The van der Waals surface area contributed by atoms with Crippen LogP contribution in [0, 0.1) is 0 Å². The molecule has 1 amide bonds. The van der Waals surface area contributed by atoms with E-state index in [9.17, 15) is 4.79 Å². The monoisotopic (exact) mass is 317 g/mol. The molecule has 0 unspecified atom stereocenters. The topological polar surface area (TPSA) is 58.7 Å². The van der Waals surface area contributed by atoms with E-state index in [0.717, 1.165) is 39.2 Å². The van der Waals surface area contributed by atoms with E-state index in [2.05, 4.69) is 11.1 Å². The average molecular weight is 317 g/mol. The third kappa shape index (κ3) is 2.55. The predicted molar refractivity (Wildman–Crippen MR) is 96.6 cm³/mol. The summed E-state index contributed by atoms with van der Waals surface area (Å²) in [4.78, 5) is 19.3. The molecule has 2 aromatic carbocycles. The molecule has 0 saturated heterocycles. The van der Waals surface area contributed by atoms with Crippen LogP contribution >= 0.6 is 0 Å². The molecule has 0 radical (unpaired) electrons. The van der Waals surface area contributed by atoms with Crippen LogP contribution < -0.4 is 16.2 Å². The van der Waals surface area contributed by atoms with E-state index in [-0.39, 0.29) is 5.91 Å². The summed E-state index contributed by atoms with van der Waals surface area (Å²) >= 11 is 0. The summed E-state index contributed by atoms with van der Waals surface area (Å²) < 4.78 is 0. The van der Waals surface area contributed by atoms with Gasteiger partial charge in [0.05, 0.1) is 5.69 Å². The Balaban J connectivity index is 1.71. The average Bonchev–Trinajstić information content (AvgIpc) is 3.00. The van der Waals surface area contributed by atoms with Crippen LogP contribution in [0.4, 0.5) is 5.69 Å². The van der Waals surface area contributed by atoms with E-state index in [1.807, 2.05) is 53.6 Å². The predicted octanol–water partition coefficient (Wildman–Crippen LogP) is 1.34. The van der Waals surface area contributed by atoms with Crippen molar-refractivity contribution in [2.24, 2.45) is 10.7 Å². The Bertz CT molecular complexity index is 945. The highest BCUT2D eigenvalue weighted by Gasteiger charge is 2.22. The second-order valence-corrected chi connectivity index (χ2v) is 6.15. The Kier molecular flexibility index (Phi) is 3.75. The molecule has 4 nitrogen and oxygen atoms in total. The smallest absolute Gasteiger partial charge is 0.255 e. The van der Waals surface area contributed by atoms with E-state index >= 15 is 0 Å². The summed E-state index contributed by atoms with van der Waals surface area (Å²) in [7, 11) is 0. The summed E-state index contributed by atoms with van der Waals surface area (Å²) in [6.45, 7) is 1.84. The lowest BCUT2D eigenvalue weighted by Crippen LogP contribution is -2.39. The fraction of sp³-hybridized carbons (Fsp3) is 0.200. The Morgan fingerprint density at radius 2 is 2.00 bits per heavy atom. The highest BCUT2D eigenvalue weighted by molar-refractivity contribution is 6.07. The summed E-state index contributed by atoms with van der Waals surface area (Å²) in [5.74, 6) is 0.0816. The van der Waals surface area contributed by atoms with Gasteiger partial charge >= 0.3 is 0 Å². The number of aliphatic imine (C=N–C) groups is 1. The normalized spacial score (nSPS) is 15.3. The number of rotatable bonds is 4. The second-order valence-electron chi connectivity index (χ2n) is 6.15. The third-order valence-electron chi connectivity index (χ3n) is 4.55. The zero-order chi connectivity index (χ0) is 16.5. The van der Waals surface area contributed by atoms with Crippen LogP contribution in [0.2, 0.25) is 0 Å². The maximum atomic E-state index is 12.9. The molecule has 0 atom stereocenters. The molecular formula is C20H19N3O. The SMILES string of the molecule is NCCC1=c2cc3c(cc2N=C1)=CCN(Cc1ccccc1)C3=O. The summed E-state index contributed by atoms with van der Waals surface area (Å²) in [5, 5.41) is 2.02. The minimum Gasteiger partial charge on any atom is -0.331 e. The number of benzene rings is 2. The van der Waals surface area contributed by atoms with Gasteiger partial charge in [0.15, 0.2) is 0 Å². The third-order valence-corrected chi connectivity index (χ3v) is 4.55. The van der Waals surface area contributed by atoms with Gasteiger partial charge < -0.3 is 10.6 Å². The standard InChI is InChI=1S/C20H19N3O/c21-8-6-16-12-22-19-10-15-7-9-23(13-14-4-2-1-3-5-14)20(24)18(15)11-17(16)19/h1-5,7,10-12H,6,8-9,13,21H2. The summed E-state index contributed by atoms with van der Waals surface area (Å²) in [5.41, 5.74) is 9.63. The van der Waals surface area contributed by atoms with Crippen LogP contribution in [0.15, 0.2) is 47.5 Å². The number of amides is 1. The lowest BCUT2D eigenvalue weighted by Gasteiger charge is -2.25. The van der Waals surface area contributed by atoms with Gasteiger partial charge in [-0.05, 0) is 41.5 Å². The van der Waals surface area contributed by atoms with Crippen LogP contribution in [-0.2, 0) is 6.54 Å². The number of carbonyl (C=O) groups is 1. The number of hydrogen-bond acceptors (Lipinski definition) is 3. The first-order valence-corrected chi connectivity index (χ1v) is 8.21. The maximum Gasteiger partial charge on any atom is 0.255 e. The Labute approximate surface area is 140 Å². The second kappa shape index (κ2) is 6.06. The zero-order valence-electron chi connectivity index (χ0n) is 13.4. The van der Waals surface area contributed by atoms with Crippen molar-refractivity contribution in [1.29, 1.82) is 0 Å². The van der Waals surface area contributed by atoms with Gasteiger partial charge in [-0.25, -0.2) is 0 Å². The molecule has 0 aliphatic carbocycles. The van der Waals surface area contributed by atoms with Crippen molar-refractivity contribution in [3.8, 4) is 0 Å². The van der Waals surface area contributed by atoms with Gasteiger partial charge in [0.25, 0.3) is 5.91 Å². The lowest BCUT2D eigenvalue weighted by atomic mass is 10.0. The molecule has 120 valence electrons. The minimum absolute atomic E-state index is 0.0816. The van der Waals surface area contributed by atoms with Crippen molar-refractivity contribution in [2.45, 2.75) is 13.0 Å². The number of carbonyl (C=O) groups excluding carboxylic acids is 1. The Hall–Kier alpha value is -2.72. The van der Waals surface area contributed by atoms with Crippen LogP contribution in [0.5, 0.6) is 0 Å². The fourth-order valence-corrected chi connectivity index (χ4v) is 3.30. The molecule has 0 aromatic heterocycles. The number of fused-ring (bicyclic) bond motifs is 2. The highest BCUT2D eigenvalue weighted by Crippen LogP contribution is 2.16. The van der Waals surface area contributed by atoms with Gasteiger partial charge in [0.1, 0.15) is 0 Å². The molecular weight excluding hydrogens is 298 g/mol. The molecule has 0 bridgehead atoms. The molecule has 0 spiro atoms. The Morgan fingerprint density at radius 1 is 1.17 bits per heavy atom. The van der Waals surface area contributed by atoms with Gasteiger partial charge in [-0.1, -0.05) is 36.4 Å². The lowest BCUT2D eigenvalue weighted by molar-refractivity contribution is 0.0760. The molecule has 24 heavy (non-hydrogen) atoms. The first kappa shape index (κ1) is 14.8. The van der Waals surface area contributed by atoms with E-state index in [1.54, 1.807) is 0 Å². The molecule has 2 aromatic rings. The van der Waals surface area contributed by atoms with E-state index in [4.69, 9.17) is 5.73 Å². The fourth-order valence-electron chi connectivity index (χ4n) is 3.30. The van der Waals surface area contributed by atoms with Crippen LogP contribution in [0.3, 0.4) is 0 Å². The molecule has 4 heteroatoms. The van der Waals surface area contributed by atoms with Gasteiger partial charge in [-0.15, -0.1) is 0 Å². The van der Waals surface area contributed by atoms with Crippen LogP contribution in [0.25, 0.3) is 11.6 Å². The first-order valence-electron chi connectivity index (χ1n) is 8.21. The quantitative estimate of drug-likeness (QED) is 0.925. The molecule has 4 rings (SSSR count). The highest BCUT2D eigenvalue weighted by atomic mass is 16.2. The minimum atomic E-state index is 0.0816. The zero-order valence-corrected chi connectivity index (χ0v) is 13.4. The molecule has 2 N–H and O–H groups in total. The van der Waals surface area contributed by atoms with Crippen molar-refractivity contribution in [1.82, 2.24) is 4.90 Å². The molecule has 2 aliphatic heterocycles. The van der Waals surface area contributed by atoms with Crippen molar-refractivity contribution in [3.63, 3.8) is 0 Å². The molecule has 2 aliphatic rings. The largest absolute Gasteiger partial charge is 0.331 e. The van der Waals surface area contributed by atoms with Crippen molar-refractivity contribution in [2.75, 3.05) is 13.1 Å². The number of hydrogen-bond donors (Lipinski definition) is 1. The van der Waals surface area contributed by atoms with Crippen LogP contribution in [0.1, 0.15) is 22.3 Å². The molecule has 0 saturated carbocycles. The van der Waals surface area contributed by atoms with Crippen molar-refractivity contribution in [3.05, 3.63) is 64.0 Å². The summed E-state index contributed by atoms with van der Waals surface area (Å²) in [6.07, 6.45) is 4.76. The van der Waals surface area contributed by atoms with Gasteiger partial charge in [0, 0.05) is 30.1 Å².